The molecule has 0 spiro atoms. The fourth-order valence-corrected chi connectivity index (χ4v) is 6.65. The van der Waals surface area contributed by atoms with Gasteiger partial charge in [0, 0.05) is 53.1 Å². The molecule has 1 aliphatic rings. The molecular formula is C33H33N5O5S. The molecule has 0 radical (unpaired) electrons. The van der Waals surface area contributed by atoms with Gasteiger partial charge in [-0.05, 0) is 45.0 Å². The summed E-state index contributed by atoms with van der Waals surface area (Å²) in [6, 6.07) is 11.8. The second-order valence-electron chi connectivity index (χ2n) is 10.7. The van der Waals surface area contributed by atoms with E-state index in [1.807, 2.05) is 51.1 Å². The number of pyridine rings is 2. The molecule has 0 unspecified atom stereocenters. The third-order valence-electron chi connectivity index (χ3n) is 7.85. The van der Waals surface area contributed by atoms with Crippen LogP contribution in [0.1, 0.15) is 38.7 Å². The Morgan fingerprint density at radius 3 is 2.68 bits per heavy atom. The Balaban J connectivity index is 1.27. The molecule has 6 rings (SSSR count). The van der Waals surface area contributed by atoms with Crippen LogP contribution in [-0.4, -0.2) is 52.9 Å². The first-order valence-electron chi connectivity index (χ1n) is 14.3. The summed E-state index contributed by atoms with van der Waals surface area (Å²) in [6.07, 6.45) is 2.39. The van der Waals surface area contributed by atoms with Crippen molar-refractivity contribution in [2.24, 2.45) is 0 Å². The van der Waals surface area contributed by atoms with Gasteiger partial charge in [-0.1, -0.05) is 11.6 Å². The van der Waals surface area contributed by atoms with Crippen molar-refractivity contribution in [1.82, 2.24) is 19.5 Å². The number of esters is 1. The van der Waals surface area contributed by atoms with Crippen molar-refractivity contribution in [3.63, 3.8) is 0 Å². The first kappa shape index (κ1) is 29.3. The van der Waals surface area contributed by atoms with Crippen molar-refractivity contribution in [2.75, 3.05) is 32.3 Å². The van der Waals surface area contributed by atoms with Gasteiger partial charge in [-0.15, -0.1) is 11.3 Å². The van der Waals surface area contributed by atoms with Gasteiger partial charge in [-0.3, -0.25) is 14.3 Å². The van der Waals surface area contributed by atoms with Gasteiger partial charge in [-0.2, -0.15) is 0 Å². The van der Waals surface area contributed by atoms with Crippen LogP contribution in [0.3, 0.4) is 0 Å². The highest BCUT2D eigenvalue weighted by Gasteiger charge is 2.24. The molecule has 226 valence electrons. The van der Waals surface area contributed by atoms with Crippen LogP contribution in [-0.2, 0) is 24.2 Å². The number of aryl methyl sites for hydroxylation is 3. The minimum Gasteiger partial charge on any atom is -0.491 e. The minimum atomic E-state index is -0.413. The van der Waals surface area contributed by atoms with Crippen molar-refractivity contribution in [1.29, 1.82) is 0 Å². The van der Waals surface area contributed by atoms with Gasteiger partial charge < -0.3 is 19.1 Å². The van der Waals surface area contributed by atoms with E-state index in [-0.39, 0.29) is 12.2 Å². The average molecular weight is 612 g/mol. The first-order chi connectivity index (χ1) is 21.3. The number of ether oxygens (including phenoxy) is 3. The minimum absolute atomic E-state index is 0.0497. The van der Waals surface area contributed by atoms with Crippen LogP contribution in [0.15, 0.2) is 52.8 Å². The highest BCUT2D eigenvalue weighted by Crippen LogP contribution is 2.39. The van der Waals surface area contributed by atoms with Crippen molar-refractivity contribution in [2.45, 2.75) is 40.3 Å². The van der Waals surface area contributed by atoms with E-state index in [0.29, 0.717) is 53.6 Å². The predicted octanol–water partition coefficient (Wildman–Crippen LogP) is 5.28. The van der Waals surface area contributed by atoms with Crippen molar-refractivity contribution in [3.8, 4) is 22.8 Å². The van der Waals surface area contributed by atoms with E-state index in [0.717, 1.165) is 45.0 Å². The number of thiophene rings is 1. The first-order valence-corrected chi connectivity index (χ1v) is 15.2. The maximum Gasteiger partial charge on any atom is 0.340 e. The standard InChI is InChI=1S/C33H33N5O5S/c1-19-6-7-28(23(14-19)24-15-20(2)35-30-26(33(40)42-5)18-44-31(24)30)43-13-12-38-21(3)36-27-9-11-37(17-25(27)32(38)39)22-8-10-34-29(16-22)41-4/h6-8,10,14-16,18H,9,11-13,17H2,1-5H3. The number of nitrogens with zero attached hydrogens (tertiary/aromatic N) is 5. The summed E-state index contributed by atoms with van der Waals surface area (Å²) in [5.41, 5.74) is 7.20. The summed E-state index contributed by atoms with van der Waals surface area (Å²) >= 11 is 1.45. The molecule has 4 aromatic heterocycles. The van der Waals surface area contributed by atoms with E-state index in [1.165, 1.54) is 18.4 Å². The van der Waals surface area contributed by atoms with E-state index in [1.54, 1.807) is 23.3 Å². The molecule has 5 heterocycles. The summed E-state index contributed by atoms with van der Waals surface area (Å²) in [5, 5.41) is 1.79. The van der Waals surface area contributed by atoms with Gasteiger partial charge in [0.15, 0.2) is 0 Å². The highest BCUT2D eigenvalue weighted by molar-refractivity contribution is 7.18. The third kappa shape index (κ3) is 5.50. The fraction of sp³-hybridized carbons (Fsp3) is 0.303. The van der Waals surface area contributed by atoms with Crippen molar-refractivity contribution in [3.05, 3.63) is 92.2 Å². The molecule has 1 aromatic carbocycles. The zero-order valence-corrected chi connectivity index (χ0v) is 26.2. The average Bonchev–Trinajstić information content (AvgIpc) is 3.46. The number of fused-ring (bicyclic) bond motifs is 2. The summed E-state index contributed by atoms with van der Waals surface area (Å²) < 4.78 is 19.2. The Morgan fingerprint density at radius 2 is 1.89 bits per heavy atom. The molecule has 11 heteroatoms. The Morgan fingerprint density at radius 1 is 1.05 bits per heavy atom. The smallest absolute Gasteiger partial charge is 0.340 e. The molecule has 0 amide bonds. The van der Waals surface area contributed by atoms with E-state index in [9.17, 15) is 9.59 Å². The molecule has 0 aliphatic carbocycles. The van der Waals surface area contributed by atoms with Crippen LogP contribution in [0.25, 0.3) is 21.3 Å². The largest absolute Gasteiger partial charge is 0.491 e. The lowest BCUT2D eigenvalue weighted by Gasteiger charge is -2.30. The number of anilines is 1. The summed E-state index contributed by atoms with van der Waals surface area (Å²) in [4.78, 5) is 41.9. The van der Waals surface area contributed by atoms with E-state index < -0.39 is 5.97 Å². The second kappa shape index (κ2) is 12.1. The second-order valence-corrected chi connectivity index (χ2v) is 11.6. The lowest BCUT2D eigenvalue weighted by molar-refractivity contribution is 0.0603. The molecule has 44 heavy (non-hydrogen) atoms. The number of carbonyl (C=O) groups excluding carboxylic acids is 1. The summed E-state index contributed by atoms with van der Waals surface area (Å²) in [6.45, 7) is 7.63. The maximum atomic E-state index is 13.7. The molecule has 0 fully saturated rings. The number of benzene rings is 1. The molecule has 0 atom stereocenters. The highest BCUT2D eigenvalue weighted by atomic mass is 32.1. The number of methoxy groups -OCH3 is 2. The number of rotatable bonds is 8. The third-order valence-corrected chi connectivity index (χ3v) is 8.86. The quantitative estimate of drug-likeness (QED) is 0.217. The SMILES string of the molecule is COC(=O)c1csc2c(-c3cc(C)ccc3OCCn3c(C)nc4c(c3=O)CN(c3ccnc(OC)c3)CC4)cc(C)nc12. The van der Waals surface area contributed by atoms with Gasteiger partial charge in [0.05, 0.1) is 54.3 Å². The van der Waals surface area contributed by atoms with Crippen molar-refractivity contribution < 1.29 is 19.0 Å². The van der Waals surface area contributed by atoms with Gasteiger partial charge in [0.2, 0.25) is 5.88 Å². The van der Waals surface area contributed by atoms with Crippen LogP contribution in [0.2, 0.25) is 0 Å². The number of hydrogen-bond acceptors (Lipinski definition) is 10. The number of hydrogen-bond donors (Lipinski definition) is 0. The Labute approximate surface area is 258 Å². The zero-order chi connectivity index (χ0) is 31.0. The van der Waals surface area contributed by atoms with Crippen LogP contribution in [0.4, 0.5) is 5.69 Å². The molecule has 5 aromatic rings. The van der Waals surface area contributed by atoms with E-state index in [2.05, 4.69) is 20.9 Å². The lowest BCUT2D eigenvalue weighted by Crippen LogP contribution is -2.39. The van der Waals surface area contributed by atoms with Gasteiger partial charge >= 0.3 is 5.97 Å². The van der Waals surface area contributed by atoms with Gasteiger partial charge in [0.1, 0.15) is 18.2 Å². The number of aromatic nitrogens is 4. The molecular weight excluding hydrogens is 578 g/mol. The fourth-order valence-electron chi connectivity index (χ4n) is 5.64. The molecule has 0 bridgehead atoms. The lowest BCUT2D eigenvalue weighted by atomic mass is 10.0. The molecule has 0 saturated heterocycles. The summed E-state index contributed by atoms with van der Waals surface area (Å²) in [7, 11) is 2.96. The maximum absolute atomic E-state index is 13.7. The molecule has 10 nitrogen and oxygen atoms in total. The molecule has 0 N–H and O–H groups in total. The monoisotopic (exact) mass is 611 g/mol. The topological polar surface area (TPSA) is 109 Å². The number of carbonyl (C=O) groups is 1. The van der Waals surface area contributed by atoms with Gasteiger partial charge in [0.25, 0.3) is 5.56 Å². The summed E-state index contributed by atoms with van der Waals surface area (Å²) in [5.74, 6) is 1.47. The van der Waals surface area contributed by atoms with Crippen LogP contribution in [0.5, 0.6) is 11.6 Å². The van der Waals surface area contributed by atoms with Crippen LogP contribution < -0.4 is 19.9 Å². The Hall–Kier alpha value is -4.77. The molecule has 0 saturated carbocycles. The Kier molecular flexibility index (Phi) is 8.05. The van der Waals surface area contributed by atoms with Gasteiger partial charge in [-0.25, -0.2) is 14.8 Å². The zero-order valence-electron chi connectivity index (χ0n) is 25.3. The Bertz CT molecular complexity index is 1950. The molecule has 1 aliphatic heterocycles. The van der Waals surface area contributed by atoms with Crippen molar-refractivity contribution >= 4 is 33.2 Å². The van der Waals surface area contributed by atoms with Crippen LogP contribution >= 0.6 is 11.3 Å². The van der Waals surface area contributed by atoms with Crippen LogP contribution in [0, 0.1) is 20.8 Å². The normalized spacial score (nSPS) is 12.7. The predicted molar refractivity (Wildman–Crippen MR) is 170 cm³/mol. The van der Waals surface area contributed by atoms with E-state index in [4.69, 9.17) is 19.2 Å². The van der Waals surface area contributed by atoms with E-state index >= 15 is 0 Å².